The van der Waals surface area contributed by atoms with Crippen LogP contribution in [0.2, 0.25) is 0 Å². The van der Waals surface area contributed by atoms with Gasteiger partial charge in [0.05, 0.1) is 0 Å². The molecule has 3 aromatic heterocycles. The minimum absolute atomic E-state index is 0.152. The number of nitrogens with two attached hydrogens (primary N) is 6. The molecule has 16 N–H and O–H groups in total. The summed E-state index contributed by atoms with van der Waals surface area (Å²) in [5, 5.41) is 2.96. The summed E-state index contributed by atoms with van der Waals surface area (Å²) in [5.74, 6) is 1.36. The van der Waals surface area contributed by atoms with E-state index in [0.29, 0.717) is 0 Å². The highest BCUT2D eigenvalue weighted by atomic mass is 32.1. The summed E-state index contributed by atoms with van der Waals surface area (Å²) in [6.07, 6.45) is 0. The lowest BCUT2D eigenvalue weighted by atomic mass is 10.3. The Labute approximate surface area is 189 Å². The SMILES string of the molecule is Nc1c2[nH]c(c1N)N=c1[nH]c(c(N)c1N)=Nc1[nH]c(c(N)c1N)N=C1NC(=N2)C(=S)C1=S. The molecule has 2 aliphatic heterocycles. The van der Waals surface area contributed by atoms with Gasteiger partial charge in [0.15, 0.2) is 45.9 Å². The number of fused-ring (bicyclic) bond motifs is 8. The Kier molecular flexibility index (Phi) is 3.98. The van der Waals surface area contributed by atoms with Gasteiger partial charge in [-0.2, -0.15) is 0 Å². The zero-order chi connectivity index (χ0) is 22.9. The number of nitrogens with one attached hydrogen (secondary N) is 4. The van der Waals surface area contributed by atoms with E-state index in [-0.39, 0.29) is 89.8 Å². The van der Waals surface area contributed by atoms with Gasteiger partial charge in [-0.1, -0.05) is 24.4 Å². The highest BCUT2D eigenvalue weighted by Gasteiger charge is 2.29. The molecule has 32 heavy (non-hydrogen) atoms. The van der Waals surface area contributed by atoms with Crippen LogP contribution in [0.4, 0.5) is 57.4 Å². The van der Waals surface area contributed by atoms with Crippen LogP contribution in [0, 0.1) is 0 Å². The molecule has 0 aliphatic carbocycles. The van der Waals surface area contributed by atoms with Crippen molar-refractivity contribution in [2.75, 3.05) is 34.4 Å². The van der Waals surface area contributed by atoms with Crippen molar-refractivity contribution < 1.29 is 0 Å². The second kappa shape index (κ2) is 6.53. The van der Waals surface area contributed by atoms with Gasteiger partial charge in [0.2, 0.25) is 0 Å². The third kappa shape index (κ3) is 2.70. The first-order chi connectivity index (χ1) is 15.2. The Bertz CT molecular complexity index is 1430. The molecule has 0 amide bonds. The molecule has 0 saturated carbocycles. The number of rotatable bonds is 0. The molecule has 1 saturated heterocycles. The van der Waals surface area contributed by atoms with E-state index < -0.39 is 0 Å². The van der Waals surface area contributed by atoms with E-state index >= 15 is 0 Å². The standard InChI is InChI=1S/C16H16N14S2/c17-1-2(18)10-23-9(1)24-11-3(19)5(21)13(26-11)28-15-7(31)8(32)16(30-15)29-14-6(22)4(20)12(25-10)27-14/h26-27H,17-22H2,(H,23,24,25)(H,28,29,30). The summed E-state index contributed by atoms with van der Waals surface area (Å²) in [6.45, 7) is 0. The first kappa shape index (κ1) is 19.5. The Hall–Kier alpha value is -4.44. The molecule has 0 unspecified atom stereocenters. The van der Waals surface area contributed by atoms with Crippen molar-refractivity contribution in [2.45, 2.75) is 0 Å². The maximum absolute atomic E-state index is 6.10. The lowest BCUT2D eigenvalue weighted by Crippen LogP contribution is -2.22. The van der Waals surface area contributed by atoms with Gasteiger partial charge in [-0.05, 0) is 0 Å². The molecule has 0 atom stereocenters. The summed E-state index contributed by atoms with van der Waals surface area (Å²) in [5.41, 5.74) is 38.0. The Morgan fingerprint density at radius 2 is 0.812 bits per heavy atom. The number of aromatic amines is 3. The maximum atomic E-state index is 6.10. The number of anilines is 6. The fourth-order valence-electron chi connectivity index (χ4n) is 3.08. The van der Waals surface area contributed by atoms with Crippen LogP contribution < -0.4 is 50.7 Å². The van der Waals surface area contributed by atoms with Gasteiger partial charge in [0.25, 0.3) is 0 Å². The molecule has 1 fully saturated rings. The third-order valence-corrected chi connectivity index (χ3v) is 5.80. The molecule has 5 heterocycles. The molecule has 5 rings (SSSR count). The number of thiocarbonyl (C=S) groups is 2. The van der Waals surface area contributed by atoms with E-state index in [2.05, 4.69) is 40.2 Å². The molecule has 3 aromatic rings. The molecular weight excluding hydrogens is 452 g/mol. The first-order valence-corrected chi connectivity index (χ1v) is 9.75. The van der Waals surface area contributed by atoms with Crippen LogP contribution in [-0.2, 0) is 0 Å². The Morgan fingerprint density at radius 3 is 1.19 bits per heavy atom. The van der Waals surface area contributed by atoms with E-state index in [1.54, 1.807) is 0 Å². The van der Waals surface area contributed by atoms with Gasteiger partial charge >= 0.3 is 0 Å². The van der Waals surface area contributed by atoms with E-state index in [1.165, 1.54) is 0 Å². The zero-order valence-corrected chi connectivity index (χ0v) is 17.7. The third-order valence-electron chi connectivity index (χ3n) is 4.88. The molecule has 2 aliphatic rings. The van der Waals surface area contributed by atoms with Gasteiger partial charge in [0.1, 0.15) is 43.9 Å². The maximum Gasteiger partial charge on any atom is 0.159 e. The molecule has 0 radical (unpaired) electrons. The fraction of sp³-hybridized carbons (Fsp3) is 0. The lowest BCUT2D eigenvalue weighted by Gasteiger charge is -1.99. The van der Waals surface area contributed by atoms with Crippen LogP contribution in [0.3, 0.4) is 0 Å². The minimum Gasteiger partial charge on any atom is -0.394 e. The van der Waals surface area contributed by atoms with Crippen LogP contribution in [0.15, 0.2) is 20.0 Å². The monoisotopic (exact) mass is 468 g/mol. The van der Waals surface area contributed by atoms with Crippen LogP contribution >= 0.6 is 24.4 Å². The molecule has 8 bridgehead atoms. The number of aromatic nitrogens is 3. The van der Waals surface area contributed by atoms with E-state index in [1.807, 2.05) is 0 Å². The van der Waals surface area contributed by atoms with Crippen molar-refractivity contribution in [3.05, 3.63) is 11.0 Å². The zero-order valence-electron chi connectivity index (χ0n) is 16.1. The highest BCUT2D eigenvalue weighted by molar-refractivity contribution is 7.92. The van der Waals surface area contributed by atoms with E-state index in [0.717, 1.165) is 0 Å². The number of nitrogen functional groups attached to an aromatic ring is 6. The smallest absolute Gasteiger partial charge is 0.159 e. The Balaban J connectivity index is 1.87. The van der Waals surface area contributed by atoms with Crippen LogP contribution in [0.1, 0.15) is 0 Å². The quantitative estimate of drug-likeness (QED) is 0.190. The molecular formula is C16H16N14S2. The van der Waals surface area contributed by atoms with Gasteiger partial charge in [-0.3, -0.25) is 0 Å². The molecule has 14 nitrogen and oxygen atoms in total. The average molecular weight is 469 g/mol. The molecule has 16 heteroatoms. The lowest BCUT2D eigenvalue weighted by molar-refractivity contribution is 1.09. The Morgan fingerprint density at radius 1 is 0.469 bits per heavy atom. The highest BCUT2D eigenvalue weighted by Crippen LogP contribution is 2.37. The van der Waals surface area contributed by atoms with Crippen molar-refractivity contribution >= 4 is 103 Å². The van der Waals surface area contributed by atoms with E-state index in [9.17, 15) is 0 Å². The minimum atomic E-state index is 0.152. The van der Waals surface area contributed by atoms with Crippen molar-refractivity contribution in [3.8, 4) is 0 Å². The molecule has 162 valence electrons. The van der Waals surface area contributed by atoms with Gasteiger partial charge in [-0.25, -0.2) is 20.0 Å². The first-order valence-electron chi connectivity index (χ1n) is 8.93. The number of aliphatic imine (C=N–C) groups is 2. The largest absolute Gasteiger partial charge is 0.394 e. The summed E-state index contributed by atoms with van der Waals surface area (Å²) >= 11 is 10.8. The topological polar surface area (TPSA) is 265 Å². The second-order valence-electron chi connectivity index (χ2n) is 6.88. The van der Waals surface area contributed by atoms with Gasteiger partial charge in [-0.15, -0.1) is 0 Å². The molecule has 0 spiro atoms. The van der Waals surface area contributed by atoms with Crippen LogP contribution in [0.25, 0.3) is 0 Å². The summed E-state index contributed by atoms with van der Waals surface area (Å²) in [6, 6.07) is 0. The van der Waals surface area contributed by atoms with Crippen LogP contribution in [0.5, 0.6) is 0 Å². The number of nitrogens with zero attached hydrogens (tertiary/aromatic N) is 4. The number of amidine groups is 2. The van der Waals surface area contributed by atoms with Crippen LogP contribution in [-0.4, -0.2) is 36.4 Å². The van der Waals surface area contributed by atoms with Gasteiger partial charge < -0.3 is 54.7 Å². The van der Waals surface area contributed by atoms with Crippen molar-refractivity contribution in [1.82, 2.24) is 20.3 Å². The molecule has 0 aromatic carbocycles. The fourth-order valence-corrected chi connectivity index (χ4v) is 3.47. The van der Waals surface area contributed by atoms with Gasteiger partial charge in [0, 0.05) is 0 Å². The normalized spacial score (nSPS) is 15.0. The number of hydrogen-bond donors (Lipinski definition) is 10. The number of hydrogen-bond acceptors (Lipinski definition) is 13. The van der Waals surface area contributed by atoms with Crippen molar-refractivity contribution in [3.63, 3.8) is 0 Å². The van der Waals surface area contributed by atoms with Crippen molar-refractivity contribution in [1.29, 1.82) is 0 Å². The summed E-state index contributed by atoms with van der Waals surface area (Å²) in [7, 11) is 0. The second-order valence-corrected chi connectivity index (χ2v) is 7.69. The average Bonchev–Trinajstić information content (AvgIpc) is 3.37. The predicted molar refractivity (Wildman–Crippen MR) is 133 cm³/mol. The predicted octanol–water partition coefficient (Wildman–Crippen LogP) is -0.517. The van der Waals surface area contributed by atoms with Crippen molar-refractivity contribution in [2.24, 2.45) is 20.0 Å². The van der Waals surface area contributed by atoms with E-state index in [4.69, 9.17) is 58.8 Å². The number of H-pyrrole nitrogens is 3. The summed E-state index contributed by atoms with van der Waals surface area (Å²) < 4.78 is 0. The summed E-state index contributed by atoms with van der Waals surface area (Å²) in [4.78, 5) is 26.9.